The van der Waals surface area contributed by atoms with Crippen molar-refractivity contribution >= 4 is 11.8 Å². The predicted octanol–water partition coefficient (Wildman–Crippen LogP) is 3.49. The van der Waals surface area contributed by atoms with Crippen LogP contribution >= 0.6 is 0 Å². The minimum Gasteiger partial charge on any atom is -0.404 e. The van der Waals surface area contributed by atoms with Gasteiger partial charge in [-0.3, -0.25) is 0 Å². The van der Waals surface area contributed by atoms with Crippen LogP contribution in [0.5, 0.6) is 5.75 Å². The summed E-state index contributed by atoms with van der Waals surface area (Å²) in [5.74, 6) is -0.464. The first kappa shape index (κ1) is 13.7. The molecule has 0 unspecified atom stereocenters. The molecule has 0 saturated heterocycles. The maximum Gasteiger partial charge on any atom is 0.573 e. The van der Waals surface area contributed by atoms with Crippen molar-refractivity contribution in [3.8, 4) is 5.75 Å². The van der Waals surface area contributed by atoms with Crippen molar-refractivity contribution in [2.24, 2.45) is 5.11 Å². The molecule has 8 heteroatoms. The molecular weight excluding hydrogens is 249 g/mol. The highest BCUT2D eigenvalue weighted by Crippen LogP contribution is 2.29. The fourth-order valence-corrected chi connectivity index (χ4v) is 1.14. The summed E-state index contributed by atoms with van der Waals surface area (Å²) in [5.41, 5.74) is 13.7. The van der Waals surface area contributed by atoms with Crippen LogP contribution in [0.1, 0.15) is 5.56 Å². The number of benzene rings is 1. The largest absolute Gasteiger partial charge is 0.573 e. The molecule has 0 aromatic heterocycles. The first-order chi connectivity index (χ1) is 8.42. The lowest BCUT2D eigenvalue weighted by Crippen LogP contribution is -2.18. The Morgan fingerprint density at radius 3 is 2.78 bits per heavy atom. The van der Waals surface area contributed by atoms with E-state index in [0.717, 1.165) is 6.07 Å². The van der Waals surface area contributed by atoms with Crippen molar-refractivity contribution < 1.29 is 17.9 Å². The number of nitrogen functional groups attached to an aromatic ring is 1. The van der Waals surface area contributed by atoms with E-state index in [1.807, 2.05) is 0 Å². The smallest absolute Gasteiger partial charge is 0.404 e. The second-order valence-corrected chi connectivity index (χ2v) is 3.16. The van der Waals surface area contributed by atoms with Crippen LogP contribution in [-0.4, -0.2) is 12.9 Å². The van der Waals surface area contributed by atoms with E-state index < -0.39 is 12.1 Å². The van der Waals surface area contributed by atoms with Gasteiger partial charge in [0.15, 0.2) is 5.75 Å². The Morgan fingerprint density at radius 2 is 2.17 bits per heavy atom. The highest BCUT2D eigenvalue weighted by Gasteiger charge is 2.31. The van der Waals surface area contributed by atoms with Crippen molar-refractivity contribution in [3.05, 3.63) is 40.3 Å². The molecule has 18 heavy (non-hydrogen) atoms. The topological polar surface area (TPSA) is 84.0 Å². The quantitative estimate of drug-likeness (QED) is 0.388. The molecule has 0 aliphatic carbocycles. The van der Waals surface area contributed by atoms with Crippen molar-refractivity contribution in [3.63, 3.8) is 0 Å². The van der Waals surface area contributed by atoms with Gasteiger partial charge in [-0.05, 0) is 23.2 Å². The Balaban J connectivity index is 2.86. The summed E-state index contributed by atoms with van der Waals surface area (Å²) in [4.78, 5) is 2.53. The van der Waals surface area contributed by atoms with E-state index in [4.69, 9.17) is 11.3 Å². The van der Waals surface area contributed by atoms with Gasteiger partial charge in [-0.25, -0.2) is 0 Å². The number of ether oxygens (including phenoxy) is 1. The van der Waals surface area contributed by atoms with E-state index in [1.165, 1.54) is 24.3 Å². The zero-order chi connectivity index (χ0) is 13.6. The molecule has 0 saturated carbocycles. The fourth-order valence-electron chi connectivity index (χ4n) is 1.14. The number of anilines is 1. The zero-order valence-electron chi connectivity index (χ0n) is 9.05. The van der Waals surface area contributed by atoms with Gasteiger partial charge in [0, 0.05) is 11.5 Å². The maximum atomic E-state index is 12.1. The Labute approximate surface area is 100 Å². The molecular formula is C10H9F3N4O. The maximum absolute atomic E-state index is 12.1. The second kappa shape index (κ2) is 5.83. The molecule has 0 fully saturated rings. The number of nitrogens with zero attached hydrogens (tertiary/aromatic N) is 3. The highest BCUT2D eigenvalue weighted by atomic mass is 19.4. The number of alkyl halides is 3. The van der Waals surface area contributed by atoms with Gasteiger partial charge in [0.25, 0.3) is 0 Å². The molecule has 0 aliphatic rings. The summed E-state index contributed by atoms with van der Waals surface area (Å²) in [6, 6.07) is 3.97. The van der Waals surface area contributed by atoms with Crippen LogP contribution in [0.4, 0.5) is 18.9 Å². The molecule has 0 amide bonds. The summed E-state index contributed by atoms with van der Waals surface area (Å²) >= 11 is 0. The lowest BCUT2D eigenvalue weighted by Gasteiger charge is -2.11. The number of hydrogen-bond donors (Lipinski definition) is 1. The van der Waals surface area contributed by atoms with Crippen LogP contribution in [0.2, 0.25) is 0 Å². The fraction of sp³-hybridized carbons (Fsp3) is 0.200. The molecule has 0 bridgehead atoms. The molecule has 0 spiro atoms. The van der Waals surface area contributed by atoms with Crippen LogP contribution < -0.4 is 10.5 Å². The minimum absolute atomic E-state index is 0.107. The van der Waals surface area contributed by atoms with E-state index >= 15 is 0 Å². The number of halogens is 3. The normalized spacial score (nSPS) is 11.3. The minimum atomic E-state index is -4.79. The molecule has 0 heterocycles. The van der Waals surface area contributed by atoms with Crippen molar-refractivity contribution in [2.45, 2.75) is 6.36 Å². The molecule has 1 rings (SSSR count). The van der Waals surface area contributed by atoms with E-state index in [9.17, 15) is 13.2 Å². The highest BCUT2D eigenvalue weighted by molar-refractivity contribution is 5.61. The lowest BCUT2D eigenvalue weighted by molar-refractivity contribution is -0.274. The van der Waals surface area contributed by atoms with E-state index in [0.29, 0.717) is 5.56 Å². The van der Waals surface area contributed by atoms with Crippen molar-refractivity contribution in [1.29, 1.82) is 0 Å². The Bertz CT molecular complexity index is 492. The van der Waals surface area contributed by atoms with E-state index in [-0.39, 0.29) is 12.2 Å². The summed E-state index contributed by atoms with van der Waals surface area (Å²) < 4.78 is 39.9. The predicted molar refractivity (Wildman–Crippen MR) is 60.6 cm³/mol. The number of hydrogen-bond acceptors (Lipinski definition) is 3. The van der Waals surface area contributed by atoms with Gasteiger partial charge < -0.3 is 10.5 Å². The summed E-state index contributed by atoms with van der Waals surface area (Å²) in [6.45, 7) is 0.107. The molecule has 1 aromatic carbocycles. The van der Waals surface area contributed by atoms with Gasteiger partial charge >= 0.3 is 6.36 Å². The number of azide groups is 1. The molecule has 5 nitrogen and oxygen atoms in total. The van der Waals surface area contributed by atoms with Gasteiger partial charge in [-0.1, -0.05) is 23.3 Å². The summed E-state index contributed by atoms with van der Waals surface area (Å²) in [7, 11) is 0. The molecule has 1 aromatic rings. The Hall–Kier alpha value is -2.34. The SMILES string of the molecule is [N-]=[N+]=NCC=Cc1ccc(N)c(OC(F)(F)F)c1. The lowest BCUT2D eigenvalue weighted by atomic mass is 10.2. The number of nitrogens with two attached hydrogens (primary N) is 1. The van der Waals surface area contributed by atoms with E-state index in [2.05, 4.69) is 14.8 Å². The monoisotopic (exact) mass is 258 g/mol. The Kier molecular flexibility index (Phi) is 4.45. The molecule has 0 aliphatic heterocycles. The zero-order valence-corrected chi connectivity index (χ0v) is 9.05. The first-order valence-corrected chi connectivity index (χ1v) is 4.75. The van der Waals surface area contributed by atoms with Crippen LogP contribution in [-0.2, 0) is 0 Å². The average Bonchev–Trinajstić information content (AvgIpc) is 2.27. The first-order valence-electron chi connectivity index (χ1n) is 4.75. The van der Waals surface area contributed by atoms with Crippen LogP contribution in [0.3, 0.4) is 0 Å². The van der Waals surface area contributed by atoms with Crippen molar-refractivity contribution in [2.75, 3.05) is 12.3 Å². The summed E-state index contributed by atoms with van der Waals surface area (Å²) in [5, 5.41) is 3.24. The van der Waals surface area contributed by atoms with Gasteiger partial charge in [-0.15, -0.1) is 13.2 Å². The average molecular weight is 258 g/mol. The van der Waals surface area contributed by atoms with Gasteiger partial charge in [0.1, 0.15) is 0 Å². The third kappa shape index (κ3) is 4.67. The van der Waals surface area contributed by atoms with Crippen LogP contribution in [0.25, 0.3) is 16.5 Å². The van der Waals surface area contributed by atoms with Crippen LogP contribution in [0.15, 0.2) is 29.4 Å². The van der Waals surface area contributed by atoms with E-state index in [1.54, 1.807) is 0 Å². The van der Waals surface area contributed by atoms with Gasteiger partial charge in [0.05, 0.1) is 5.69 Å². The van der Waals surface area contributed by atoms with Crippen molar-refractivity contribution in [1.82, 2.24) is 0 Å². The summed E-state index contributed by atoms with van der Waals surface area (Å²) in [6.07, 6.45) is -1.79. The number of rotatable bonds is 4. The van der Waals surface area contributed by atoms with Gasteiger partial charge in [-0.2, -0.15) is 0 Å². The third-order valence-corrected chi connectivity index (χ3v) is 1.82. The molecule has 2 N–H and O–H groups in total. The van der Waals surface area contributed by atoms with Gasteiger partial charge in [0.2, 0.25) is 0 Å². The molecule has 0 atom stereocenters. The second-order valence-electron chi connectivity index (χ2n) is 3.16. The molecule has 0 radical (unpaired) electrons. The molecule has 96 valence electrons. The standard InChI is InChI=1S/C10H9F3N4O/c11-10(12,13)18-9-6-7(3-4-8(9)14)2-1-5-16-17-15/h1-4,6H,5,14H2. The van der Waals surface area contributed by atoms with Crippen LogP contribution in [0, 0.1) is 0 Å². The third-order valence-electron chi connectivity index (χ3n) is 1.82. The Morgan fingerprint density at radius 1 is 1.44 bits per heavy atom.